The van der Waals surface area contributed by atoms with Crippen LogP contribution in [0, 0.1) is 11.6 Å². The molecule has 1 aromatic heterocycles. The highest BCUT2D eigenvalue weighted by atomic mass is 32.1. The van der Waals surface area contributed by atoms with Gasteiger partial charge < -0.3 is 9.15 Å². The molecule has 0 saturated carbocycles. The van der Waals surface area contributed by atoms with Gasteiger partial charge in [-0.25, -0.2) is 4.98 Å². The van der Waals surface area contributed by atoms with E-state index in [-0.39, 0.29) is 5.97 Å². The molecule has 0 spiro atoms. The quantitative estimate of drug-likeness (QED) is 0.397. The van der Waals surface area contributed by atoms with Crippen molar-refractivity contribution < 1.29 is 13.9 Å². The van der Waals surface area contributed by atoms with E-state index in [0.717, 1.165) is 22.0 Å². The minimum absolute atomic E-state index is 0.353. The van der Waals surface area contributed by atoms with Crippen LogP contribution >= 0.6 is 12.2 Å². The lowest BCUT2D eigenvalue weighted by molar-refractivity contribution is -0.131. The van der Waals surface area contributed by atoms with Gasteiger partial charge in [-0.1, -0.05) is 12.1 Å². The number of benzene rings is 2. The van der Waals surface area contributed by atoms with Gasteiger partial charge in [-0.2, -0.15) is 0 Å². The Hall–Kier alpha value is -2.53. The molecule has 0 N–H and O–H groups in total. The van der Waals surface area contributed by atoms with Gasteiger partial charge in [-0.3, -0.25) is 4.79 Å². The predicted molar refractivity (Wildman–Crippen MR) is 86.3 cm³/mol. The van der Waals surface area contributed by atoms with Crippen LogP contribution in [0.15, 0.2) is 46.9 Å². The molecule has 1 heterocycles. The summed E-state index contributed by atoms with van der Waals surface area (Å²) in [6.07, 6.45) is 0. The van der Waals surface area contributed by atoms with Crippen molar-refractivity contribution in [3.63, 3.8) is 0 Å². The van der Waals surface area contributed by atoms with Crippen molar-refractivity contribution in [2.75, 3.05) is 0 Å². The van der Waals surface area contributed by atoms with E-state index in [1.807, 2.05) is 37.3 Å². The second kappa shape index (κ2) is 5.69. The van der Waals surface area contributed by atoms with Crippen LogP contribution in [0.5, 0.6) is 5.75 Å². The van der Waals surface area contributed by atoms with Crippen molar-refractivity contribution in [2.24, 2.45) is 0 Å². The molecule has 0 aliphatic heterocycles. The highest BCUT2D eigenvalue weighted by molar-refractivity contribution is 7.71. The van der Waals surface area contributed by atoms with Gasteiger partial charge in [-0.15, -0.1) is 0 Å². The second-order valence-electron chi connectivity index (χ2n) is 4.89. The number of hydrogen-bond donors (Lipinski definition) is 0. The van der Waals surface area contributed by atoms with Gasteiger partial charge in [-0.05, 0) is 55.0 Å². The number of esters is 1. The van der Waals surface area contributed by atoms with E-state index < -0.39 is 0 Å². The van der Waals surface area contributed by atoms with Gasteiger partial charge in [0, 0.05) is 12.5 Å². The molecule has 0 radical (unpaired) electrons. The van der Waals surface area contributed by atoms with E-state index in [9.17, 15) is 4.79 Å². The van der Waals surface area contributed by atoms with Crippen LogP contribution in [0.4, 0.5) is 0 Å². The zero-order valence-corrected chi connectivity index (χ0v) is 12.9. The Morgan fingerprint density at radius 2 is 2.00 bits per heavy atom. The van der Waals surface area contributed by atoms with Crippen LogP contribution < -0.4 is 4.74 Å². The van der Waals surface area contributed by atoms with Gasteiger partial charge in [0.05, 0.1) is 10.9 Å². The van der Waals surface area contributed by atoms with E-state index >= 15 is 0 Å². The van der Waals surface area contributed by atoms with Crippen molar-refractivity contribution in [2.45, 2.75) is 13.8 Å². The summed E-state index contributed by atoms with van der Waals surface area (Å²) < 4.78 is 11.2. The minimum atomic E-state index is -0.353. The zero-order valence-electron chi connectivity index (χ0n) is 12.1. The van der Waals surface area contributed by atoms with Gasteiger partial charge in [0.25, 0.3) is 0 Å². The first-order valence-corrected chi connectivity index (χ1v) is 7.15. The third kappa shape index (κ3) is 2.76. The van der Waals surface area contributed by atoms with Crippen LogP contribution in [0.25, 0.3) is 22.4 Å². The Balaban J connectivity index is 2.11. The van der Waals surface area contributed by atoms with Crippen LogP contribution in [0.3, 0.4) is 0 Å². The SMILES string of the molecule is CC(=O)Oc1ccc(-c2nc3ccccc3c(=S)o2)c(C)c1. The monoisotopic (exact) mass is 311 g/mol. The predicted octanol–water partition coefficient (Wildman–Crippen LogP) is 4.46. The number of fused-ring (bicyclic) bond motifs is 1. The van der Waals surface area contributed by atoms with Crippen LogP contribution in [0.2, 0.25) is 0 Å². The summed E-state index contributed by atoms with van der Waals surface area (Å²) in [5.74, 6) is 0.595. The maximum atomic E-state index is 11.0. The Morgan fingerprint density at radius 1 is 1.23 bits per heavy atom. The molecule has 22 heavy (non-hydrogen) atoms. The summed E-state index contributed by atoms with van der Waals surface area (Å²) in [7, 11) is 0. The fourth-order valence-corrected chi connectivity index (χ4v) is 2.49. The lowest BCUT2D eigenvalue weighted by Crippen LogP contribution is -2.01. The zero-order chi connectivity index (χ0) is 15.7. The third-order valence-electron chi connectivity index (χ3n) is 3.23. The second-order valence-corrected chi connectivity index (χ2v) is 5.26. The molecular formula is C17H13NO3S. The van der Waals surface area contributed by atoms with E-state index in [0.29, 0.717) is 16.3 Å². The number of nitrogens with zero attached hydrogens (tertiary/aromatic N) is 1. The molecular weight excluding hydrogens is 298 g/mol. The summed E-state index contributed by atoms with van der Waals surface area (Å²) in [5, 5.41) is 0.815. The third-order valence-corrected chi connectivity index (χ3v) is 3.53. The van der Waals surface area contributed by atoms with E-state index in [1.165, 1.54) is 6.92 Å². The molecule has 0 aliphatic carbocycles. The van der Waals surface area contributed by atoms with E-state index in [2.05, 4.69) is 4.98 Å². The average Bonchev–Trinajstić information content (AvgIpc) is 2.46. The Bertz CT molecular complexity index is 931. The van der Waals surface area contributed by atoms with Gasteiger partial charge in [0.2, 0.25) is 10.6 Å². The Labute approximate surface area is 132 Å². The number of carbonyl (C=O) groups is 1. The number of aromatic nitrogens is 1. The van der Waals surface area contributed by atoms with E-state index in [4.69, 9.17) is 21.4 Å². The summed E-state index contributed by atoms with van der Waals surface area (Å²) >= 11 is 5.29. The normalized spacial score (nSPS) is 10.6. The van der Waals surface area contributed by atoms with Crippen LogP contribution in [-0.2, 0) is 4.79 Å². The lowest BCUT2D eigenvalue weighted by Gasteiger charge is -2.08. The first kappa shape index (κ1) is 14.4. The molecule has 0 fully saturated rings. The summed E-state index contributed by atoms with van der Waals surface area (Å²) in [6.45, 7) is 3.27. The first-order chi connectivity index (χ1) is 10.5. The van der Waals surface area contributed by atoms with Crippen molar-refractivity contribution >= 4 is 29.1 Å². The fourth-order valence-electron chi connectivity index (χ4n) is 2.24. The molecule has 3 rings (SSSR count). The van der Waals surface area contributed by atoms with Crippen molar-refractivity contribution in [1.82, 2.24) is 4.98 Å². The van der Waals surface area contributed by atoms with Gasteiger partial charge in [0.1, 0.15) is 5.75 Å². The number of para-hydroxylation sites is 1. The highest BCUT2D eigenvalue weighted by Gasteiger charge is 2.10. The maximum absolute atomic E-state index is 11.0. The minimum Gasteiger partial charge on any atom is -0.427 e. The molecule has 0 aliphatic rings. The smallest absolute Gasteiger partial charge is 0.308 e. The molecule has 0 amide bonds. The number of carbonyl (C=O) groups excluding carboxylic acids is 1. The number of hydrogen-bond acceptors (Lipinski definition) is 5. The fraction of sp³-hybridized carbons (Fsp3) is 0.118. The maximum Gasteiger partial charge on any atom is 0.308 e. The summed E-state index contributed by atoms with van der Waals surface area (Å²) in [5.41, 5.74) is 2.49. The molecule has 110 valence electrons. The van der Waals surface area contributed by atoms with Crippen molar-refractivity contribution in [1.29, 1.82) is 0 Å². The molecule has 0 saturated heterocycles. The van der Waals surface area contributed by atoms with Gasteiger partial charge >= 0.3 is 5.97 Å². The molecule has 5 heteroatoms. The number of aryl methyl sites for hydroxylation is 1. The molecule has 4 nitrogen and oxygen atoms in total. The first-order valence-electron chi connectivity index (χ1n) is 6.74. The number of rotatable bonds is 2. The topological polar surface area (TPSA) is 52.3 Å². The standard InChI is InChI=1S/C17H13NO3S/c1-10-9-12(20-11(2)19)7-8-13(10)16-18-15-6-4-3-5-14(15)17(22)21-16/h3-9H,1-2H3. The molecule has 0 unspecified atom stereocenters. The highest BCUT2D eigenvalue weighted by Crippen LogP contribution is 2.28. The average molecular weight is 311 g/mol. The number of ether oxygens (including phenoxy) is 1. The molecule has 0 bridgehead atoms. The molecule has 2 aromatic carbocycles. The van der Waals surface area contributed by atoms with Gasteiger partial charge in [0.15, 0.2) is 0 Å². The van der Waals surface area contributed by atoms with Crippen molar-refractivity contribution in [3.05, 3.63) is 52.7 Å². The van der Waals surface area contributed by atoms with Crippen molar-refractivity contribution in [3.8, 4) is 17.2 Å². The largest absolute Gasteiger partial charge is 0.427 e. The molecule has 0 atom stereocenters. The van der Waals surface area contributed by atoms with Crippen LogP contribution in [-0.4, -0.2) is 11.0 Å². The van der Waals surface area contributed by atoms with E-state index in [1.54, 1.807) is 12.1 Å². The summed E-state index contributed by atoms with van der Waals surface area (Å²) in [6, 6.07) is 12.9. The Kier molecular flexibility index (Phi) is 3.73. The lowest BCUT2D eigenvalue weighted by atomic mass is 10.1. The molecule has 3 aromatic rings. The van der Waals surface area contributed by atoms with Crippen LogP contribution in [0.1, 0.15) is 12.5 Å². The summed E-state index contributed by atoms with van der Waals surface area (Å²) in [4.78, 5) is 15.5. The Morgan fingerprint density at radius 3 is 2.73 bits per heavy atom.